The van der Waals surface area contributed by atoms with Gasteiger partial charge in [0, 0.05) is 43.4 Å². The van der Waals surface area contributed by atoms with Crippen LogP contribution in [-0.2, 0) is 6.42 Å². The Labute approximate surface area is 154 Å². The summed E-state index contributed by atoms with van der Waals surface area (Å²) in [6, 6.07) is 3.88. The van der Waals surface area contributed by atoms with Crippen LogP contribution in [0.2, 0.25) is 5.15 Å². The molecule has 0 amide bonds. The summed E-state index contributed by atoms with van der Waals surface area (Å²) in [5, 5.41) is 4.08. The van der Waals surface area contributed by atoms with E-state index in [1.807, 2.05) is 25.4 Å². The summed E-state index contributed by atoms with van der Waals surface area (Å²) in [5.41, 5.74) is 1.19. The maximum absolute atomic E-state index is 5.84. The molecule has 1 saturated carbocycles. The Balaban J connectivity index is 1.52. The lowest BCUT2D eigenvalue weighted by atomic mass is 9.87. The Hall–Kier alpha value is -0.940. The number of halogens is 1. The fourth-order valence-electron chi connectivity index (χ4n) is 3.73. The molecule has 1 aliphatic carbocycles. The second-order valence-corrected chi connectivity index (χ2v) is 8.68. The van der Waals surface area contributed by atoms with Crippen molar-refractivity contribution in [2.75, 3.05) is 32.4 Å². The third-order valence-electron chi connectivity index (χ3n) is 5.01. The van der Waals surface area contributed by atoms with Crippen LogP contribution in [0.15, 0.2) is 23.3 Å². The zero-order valence-corrected chi connectivity index (χ0v) is 16.0. The number of aromatic nitrogens is 1. The minimum absolute atomic E-state index is 0.466. The lowest BCUT2D eigenvalue weighted by Crippen LogP contribution is -2.53. The summed E-state index contributed by atoms with van der Waals surface area (Å²) in [4.78, 5) is 11.1. The molecule has 2 heterocycles. The molecule has 2 aliphatic rings. The first-order chi connectivity index (χ1) is 11.7. The number of rotatable bonds is 3. The number of hydrogen-bond donors (Lipinski definition) is 1. The van der Waals surface area contributed by atoms with Crippen LogP contribution in [0.3, 0.4) is 0 Å². The van der Waals surface area contributed by atoms with Crippen LogP contribution < -0.4 is 5.32 Å². The number of nitrogens with zero attached hydrogens (tertiary/aromatic N) is 3. The van der Waals surface area contributed by atoms with Crippen LogP contribution in [0.25, 0.3) is 0 Å². The summed E-state index contributed by atoms with van der Waals surface area (Å²) in [6.07, 6.45) is 9.68. The molecule has 3 rings (SSSR count). The third-order valence-corrected chi connectivity index (χ3v) is 6.77. The number of nitrogens with one attached hydrogen (secondary N) is 1. The van der Waals surface area contributed by atoms with Crippen molar-refractivity contribution >= 4 is 29.3 Å². The van der Waals surface area contributed by atoms with Crippen molar-refractivity contribution < 1.29 is 0 Å². The van der Waals surface area contributed by atoms with E-state index in [-0.39, 0.29) is 0 Å². The van der Waals surface area contributed by atoms with Crippen molar-refractivity contribution in [3.8, 4) is 0 Å². The van der Waals surface area contributed by atoms with Gasteiger partial charge >= 0.3 is 0 Å². The van der Waals surface area contributed by atoms with Gasteiger partial charge < -0.3 is 10.2 Å². The van der Waals surface area contributed by atoms with E-state index >= 15 is 0 Å². The Morgan fingerprint density at radius 3 is 2.92 bits per heavy atom. The lowest BCUT2D eigenvalue weighted by molar-refractivity contribution is 0.293. The highest BCUT2D eigenvalue weighted by atomic mass is 35.5. The molecule has 24 heavy (non-hydrogen) atoms. The SMILES string of the molecule is CN=C(NCCc1ccc(Cl)nc1)N1CCSC2(CCCCC2)C1. The van der Waals surface area contributed by atoms with Gasteiger partial charge in [0.1, 0.15) is 5.15 Å². The molecule has 1 spiro atoms. The van der Waals surface area contributed by atoms with Crippen LogP contribution >= 0.6 is 23.4 Å². The summed E-state index contributed by atoms with van der Waals surface area (Å²) in [7, 11) is 1.89. The summed E-state index contributed by atoms with van der Waals surface area (Å²) >= 11 is 8.03. The highest BCUT2D eigenvalue weighted by Gasteiger charge is 2.38. The fourth-order valence-corrected chi connectivity index (χ4v) is 5.41. The fraction of sp³-hybridized carbons (Fsp3) is 0.667. The van der Waals surface area contributed by atoms with Crippen LogP contribution in [-0.4, -0.2) is 53.0 Å². The van der Waals surface area contributed by atoms with E-state index in [9.17, 15) is 0 Å². The molecule has 0 aromatic carbocycles. The van der Waals surface area contributed by atoms with Gasteiger partial charge in [0.2, 0.25) is 0 Å². The van der Waals surface area contributed by atoms with Gasteiger partial charge in [0.05, 0.1) is 0 Å². The molecule has 1 aromatic heterocycles. The molecule has 1 saturated heterocycles. The Bertz CT molecular complexity index is 549. The number of guanidine groups is 1. The van der Waals surface area contributed by atoms with Crippen LogP contribution in [0.4, 0.5) is 0 Å². The maximum Gasteiger partial charge on any atom is 0.193 e. The summed E-state index contributed by atoms with van der Waals surface area (Å²) in [6.45, 7) is 3.10. The standard InChI is InChI=1S/C18H27ClN4S/c1-20-17(21-10-7-15-5-6-16(19)22-13-15)23-11-12-24-18(14-23)8-3-2-4-9-18/h5-6,13H,2-4,7-12,14H2,1H3,(H,20,21). The third kappa shape index (κ3) is 4.57. The molecule has 1 N–H and O–H groups in total. The van der Waals surface area contributed by atoms with Crippen molar-refractivity contribution in [3.05, 3.63) is 29.0 Å². The molecule has 132 valence electrons. The van der Waals surface area contributed by atoms with Gasteiger partial charge in [-0.05, 0) is 30.9 Å². The quantitative estimate of drug-likeness (QED) is 0.504. The first-order valence-corrected chi connectivity index (χ1v) is 10.3. The van der Waals surface area contributed by atoms with Crippen molar-refractivity contribution in [2.45, 2.75) is 43.3 Å². The number of hydrogen-bond acceptors (Lipinski definition) is 3. The maximum atomic E-state index is 5.84. The van der Waals surface area contributed by atoms with Crippen LogP contribution in [0.5, 0.6) is 0 Å². The van der Waals surface area contributed by atoms with Crippen molar-refractivity contribution in [2.24, 2.45) is 4.99 Å². The van der Waals surface area contributed by atoms with E-state index < -0.39 is 0 Å². The first kappa shape index (κ1) is 17.9. The van der Waals surface area contributed by atoms with Crippen molar-refractivity contribution in [1.82, 2.24) is 15.2 Å². The van der Waals surface area contributed by atoms with Gasteiger partial charge in [0.15, 0.2) is 5.96 Å². The van der Waals surface area contributed by atoms with Crippen LogP contribution in [0.1, 0.15) is 37.7 Å². The molecule has 6 heteroatoms. The molecule has 0 bridgehead atoms. The summed E-state index contributed by atoms with van der Waals surface area (Å²) in [5.74, 6) is 2.25. The molecule has 4 nitrogen and oxygen atoms in total. The minimum atomic E-state index is 0.466. The Kier molecular flexibility index (Phi) is 6.28. The van der Waals surface area contributed by atoms with E-state index in [2.05, 4.69) is 32.0 Å². The molecule has 0 unspecified atom stereocenters. The normalized spacial score (nSPS) is 21.1. The lowest BCUT2D eigenvalue weighted by Gasteiger charge is -2.45. The van der Waals surface area contributed by atoms with Gasteiger partial charge in [-0.2, -0.15) is 11.8 Å². The van der Waals surface area contributed by atoms with Gasteiger partial charge in [-0.25, -0.2) is 4.98 Å². The van der Waals surface area contributed by atoms with Gasteiger partial charge in [-0.1, -0.05) is 36.9 Å². The van der Waals surface area contributed by atoms with Gasteiger partial charge in [0.25, 0.3) is 0 Å². The molecule has 1 aliphatic heterocycles. The molecular formula is C18H27ClN4S. The second kappa shape index (κ2) is 8.43. The second-order valence-electron chi connectivity index (χ2n) is 6.73. The van der Waals surface area contributed by atoms with Crippen molar-refractivity contribution in [1.29, 1.82) is 0 Å². The van der Waals surface area contributed by atoms with Crippen LogP contribution in [0, 0.1) is 0 Å². The highest BCUT2D eigenvalue weighted by Crippen LogP contribution is 2.42. The largest absolute Gasteiger partial charge is 0.356 e. The predicted molar refractivity (Wildman–Crippen MR) is 104 cm³/mol. The molecule has 0 atom stereocenters. The minimum Gasteiger partial charge on any atom is -0.356 e. The van der Waals surface area contributed by atoms with E-state index in [0.717, 1.165) is 32.0 Å². The molecule has 2 fully saturated rings. The first-order valence-electron chi connectivity index (χ1n) is 8.91. The zero-order valence-electron chi connectivity index (χ0n) is 14.4. The number of aliphatic imine (C=N–C) groups is 1. The average Bonchev–Trinajstić information content (AvgIpc) is 2.61. The number of thioether (sulfide) groups is 1. The van der Waals surface area contributed by atoms with Gasteiger partial charge in [-0.15, -0.1) is 0 Å². The molecular weight excluding hydrogens is 340 g/mol. The topological polar surface area (TPSA) is 40.5 Å². The smallest absolute Gasteiger partial charge is 0.193 e. The highest BCUT2D eigenvalue weighted by molar-refractivity contribution is 8.00. The van der Waals surface area contributed by atoms with Crippen molar-refractivity contribution in [3.63, 3.8) is 0 Å². The average molecular weight is 367 g/mol. The summed E-state index contributed by atoms with van der Waals surface area (Å²) < 4.78 is 0.466. The monoisotopic (exact) mass is 366 g/mol. The molecule has 0 radical (unpaired) electrons. The zero-order chi connectivity index (χ0) is 16.8. The van der Waals surface area contributed by atoms with Gasteiger partial charge in [-0.3, -0.25) is 4.99 Å². The van der Waals surface area contributed by atoms with E-state index in [1.165, 1.54) is 43.4 Å². The Morgan fingerprint density at radius 2 is 2.21 bits per heavy atom. The number of pyridine rings is 1. The van der Waals surface area contributed by atoms with E-state index in [1.54, 1.807) is 0 Å². The Morgan fingerprint density at radius 1 is 1.38 bits per heavy atom. The predicted octanol–water partition coefficient (Wildman–Crippen LogP) is 3.60. The molecule has 1 aromatic rings. The van der Waals surface area contributed by atoms with E-state index in [0.29, 0.717) is 9.90 Å². The van der Waals surface area contributed by atoms with E-state index in [4.69, 9.17) is 11.6 Å².